The number of fused-ring (bicyclic) bond motifs is 1. The maximum atomic E-state index is 12.1. The Bertz CT molecular complexity index is 910. The molecule has 3 rings (SSSR count). The maximum absolute atomic E-state index is 12.1. The second-order valence-corrected chi connectivity index (χ2v) is 6.69. The largest absolute Gasteiger partial charge is 0.414 e. The van der Waals surface area contributed by atoms with Crippen LogP contribution in [-0.2, 0) is 10.0 Å². The normalized spacial score (nSPS) is 11.6. The highest BCUT2D eigenvalue weighted by molar-refractivity contribution is 7.92. The quantitative estimate of drug-likeness (QED) is 0.807. The molecule has 5 nitrogen and oxygen atoms in total. The third kappa shape index (κ3) is 2.45. The summed E-state index contributed by atoms with van der Waals surface area (Å²) in [4.78, 5) is 10.9. The topological polar surface area (TPSA) is 76.4 Å². The first-order chi connectivity index (χ1) is 9.54. The van der Waals surface area contributed by atoms with Gasteiger partial charge in [-0.25, -0.2) is 13.2 Å². The molecule has 0 aliphatic rings. The van der Waals surface area contributed by atoms with Crippen LogP contribution in [0.25, 0.3) is 10.3 Å². The van der Waals surface area contributed by atoms with Crippen LogP contribution in [0.15, 0.2) is 62.6 Å². The molecule has 0 saturated heterocycles. The number of rotatable bonds is 3. The van der Waals surface area contributed by atoms with Gasteiger partial charge in [0.05, 0.1) is 15.3 Å². The molecule has 20 heavy (non-hydrogen) atoms. The van der Waals surface area contributed by atoms with E-state index in [2.05, 4.69) is 4.72 Å². The molecule has 0 spiro atoms. The second kappa shape index (κ2) is 4.77. The van der Waals surface area contributed by atoms with Crippen LogP contribution in [0.1, 0.15) is 0 Å². The first-order valence-corrected chi connectivity index (χ1v) is 7.96. The minimum atomic E-state index is -3.63. The highest BCUT2D eigenvalue weighted by Crippen LogP contribution is 2.23. The van der Waals surface area contributed by atoms with Crippen molar-refractivity contribution in [1.29, 1.82) is 0 Å². The van der Waals surface area contributed by atoms with E-state index in [1.165, 1.54) is 12.1 Å². The summed E-state index contributed by atoms with van der Waals surface area (Å²) in [7, 11) is -3.63. The minimum Gasteiger partial charge on any atom is -0.414 e. The Morgan fingerprint density at radius 2 is 1.80 bits per heavy atom. The summed E-state index contributed by atoms with van der Waals surface area (Å²) in [5.41, 5.74) is 0.834. The first-order valence-electron chi connectivity index (χ1n) is 5.66. The van der Waals surface area contributed by atoms with Gasteiger partial charge in [0.15, 0.2) is 0 Å². The molecule has 3 aromatic rings. The van der Waals surface area contributed by atoms with Crippen LogP contribution in [0.4, 0.5) is 5.69 Å². The van der Waals surface area contributed by atoms with E-state index >= 15 is 0 Å². The number of hydrogen-bond donors (Lipinski definition) is 1. The summed E-state index contributed by atoms with van der Waals surface area (Å²) in [6.07, 6.45) is 0. The summed E-state index contributed by atoms with van der Waals surface area (Å²) in [5.74, 6) is 0. The van der Waals surface area contributed by atoms with Gasteiger partial charge in [0.1, 0.15) is 5.58 Å². The van der Waals surface area contributed by atoms with Gasteiger partial charge in [-0.15, -0.1) is 0 Å². The first kappa shape index (κ1) is 12.9. The lowest BCUT2D eigenvalue weighted by atomic mass is 10.3. The lowest BCUT2D eigenvalue weighted by Gasteiger charge is -2.07. The van der Waals surface area contributed by atoms with Gasteiger partial charge >= 0.3 is 4.94 Å². The van der Waals surface area contributed by atoms with E-state index in [1.54, 1.807) is 36.4 Å². The number of sulfonamides is 1. The molecule has 0 bridgehead atoms. The van der Waals surface area contributed by atoms with E-state index in [1.807, 2.05) is 0 Å². The van der Waals surface area contributed by atoms with E-state index in [-0.39, 0.29) is 4.90 Å². The van der Waals surface area contributed by atoms with E-state index in [0.29, 0.717) is 16.0 Å². The molecule has 2 aromatic carbocycles. The average molecular weight is 307 g/mol. The zero-order valence-corrected chi connectivity index (χ0v) is 11.7. The average Bonchev–Trinajstić information content (AvgIpc) is 2.79. The molecule has 1 N–H and O–H groups in total. The van der Waals surface area contributed by atoms with Gasteiger partial charge in [-0.1, -0.05) is 29.5 Å². The highest BCUT2D eigenvalue weighted by atomic mass is 32.2. The van der Waals surface area contributed by atoms with Crippen molar-refractivity contribution in [1.82, 2.24) is 0 Å². The molecule has 1 aromatic heterocycles. The molecule has 0 atom stereocenters. The number of anilines is 1. The smallest absolute Gasteiger partial charge is 0.396 e. The number of nitrogens with one attached hydrogen (secondary N) is 1. The third-order valence-corrected chi connectivity index (χ3v) is 4.82. The van der Waals surface area contributed by atoms with Crippen molar-refractivity contribution >= 4 is 37.3 Å². The predicted octanol–water partition coefficient (Wildman–Crippen LogP) is 2.66. The minimum absolute atomic E-state index is 0.181. The van der Waals surface area contributed by atoms with E-state index in [4.69, 9.17) is 4.42 Å². The van der Waals surface area contributed by atoms with Gasteiger partial charge in [0.2, 0.25) is 0 Å². The molecule has 7 heteroatoms. The molecule has 0 aliphatic heterocycles. The predicted molar refractivity (Wildman–Crippen MR) is 77.6 cm³/mol. The van der Waals surface area contributed by atoms with Gasteiger partial charge in [-0.05, 0) is 30.3 Å². The molecular formula is C13H9NO4S2. The second-order valence-electron chi connectivity index (χ2n) is 4.03. The summed E-state index contributed by atoms with van der Waals surface area (Å²) in [6.45, 7) is 0. The molecule has 0 unspecified atom stereocenters. The molecular weight excluding hydrogens is 298 g/mol. The zero-order chi connectivity index (χ0) is 14.2. The van der Waals surface area contributed by atoms with Gasteiger partial charge < -0.3 is 4.42 Å². The summed E-state index contributed by atoms with van der Waals surface area (Å²) >= 11 is 0.931. The van der Waals surface area contributed by atoms with E-state index in [9.17, 15) is 13.2 Å². The van der Waals surface area contributed by atoms with E-state index < -0.39 is 15.0 Å². The van der Waals surface area contributed by atoms with Gasteiger partial charge in [-0.2, -0.15) is 0 Å². The lowest BCUT2D eigenvalue weighted by Crippen LogP contribution is -2.12. The van der Waals surface area contributed by atoms with Crippen LogP contribution >= 0.6 is 11.3 Å². The van der Waals surface area contributed by atoms with Crippen LogP contribution in [0.5, 0.6) is 0 Å². The van der Waals surface area contributed by atoms with E-state index in [0.717, 1.165) is 11.3 Å². The summed E-state index contributed by atoms with van der Waals surface area (Å²) < 4.78 is 32.3. The van der Waals surface area contributed by atoms with Crippen LogP contribution in [0, 0.1) is 0 Å². The summed E-state index contributed by atoms with van der Waals surface area (Å²) in [6, 6.07) is 12.8. The van der Waals surface area contributed by atoms with Crippen LogP contribution in [0.2, 0.25) is 0 Å². The van der Waals surface area contributed by atoms with Crippen LogP contribution < -0.4 is 9.66 Å². The Kier molecular flexibility index (Phi) is 3.07. The van der Waals surface area contributed by atoms with Gasteiger partial charge in [-0.3, -0.25) is 4.72 Å². The van der Waals surface area contributed by atoms with Crippen molar-refractivity contribution < 1.29 is 12.8 Å². The molecule has 1 heterocycles. The molecule has 0 fully saturated rings. The Labute approximate surface area is 118 Å². The molecule has 0 amide bonds. The standard InChI is InChI=1S/C13H9NO4S2/c15-13-18-11-7-6-9(8-12(11)19-13)14-20(16,17)10-4-2-1-3-5-10/h1-8,14H. The lowest BCUT2D eigenvalue weighted by molar-refractivity contribution is 0.585. The number of benzene rings is 2. The summed E-state index contributed by atoms with van der Waals surface area (Å²) in [5, 5.41) is 0. The molecule has 0 aliphatic carbocycles. The van der Waals surface area contributed by atoms with Crippen molar-refractivity contribution in [2.45, 2.75) is 4.90 Å². The Morgan fingerprint density at radius 3 is 2.55 bits per heavy atom. The Balaban J connectivity index is 1.98. The Morgan fingerprint density at radius 1 is 1.05 bits per heavy atom. The van der Waals surface area contributed by atoms with Crippen molar-refractivity contribution in [3.63, 3.8) is 0 Å². The van der Waals surface area contributed by atoms with Gasteiger partial charge in [0.25, 0.3) is 10.0 Å². The molecule has 0 radical (unpaired) electrons. The van der Waals surface area contributed by atoms with Crippen molar-refractivity contribution in [2.24, 2.45) is 0 Å². The van der Waals surface area contributed by atoms with Crippen molar-refractivity contribution in [2.75, 3.05) is 4.72 Å². The molecule has 0 saturated carbocycles. The zero-order valence-electron chi connectivity index (χ0n) is 10.1. The monoisotopic (exact) mass is 307 g/mol. The fourth-order valence-corrected chi connectivity index (χ4v) is 3.53. The van der Waals surface area contributed by atoms with Crippen molar-refractivity contribution in [3.8, 4) is 0 Å². The van der Waals surface area contributed by atoms with Crippen molar-refractivity contribution in [3.05, 3.63) is 58.3 Å². The van der Waals surface area contributed by atoms with Crippen LogP contribution in [0.3, 0.4) is 0 Å². The Hall–Kier alpha value is -2.12. The van der Waals surface area contributed by atoms with Crippen LogP contribution in [-0.4, -0.2) is 8.42 Å². The SMILES string of the molecule is O=c1oc2ccc(NS(=O)(=O)c3ccccc3)cc2s1. The fraction of sp³-hybridized carbons (Fsp3) is 0. The fourth-order valence-electron chi connectivity index (χ4n) is 1.75. The maximum Gasteiger partial charge on any atom is 0.396 e. The van der Waals surface area contributed by atoms with Gasteiger partial charge in [0, 0.05) is 0 Å². The highest BCUT2D eigenvalue weighted by Gasteiger charge is 2.14. The third-order valence-electron chi connectivity index (χ3n) is 2.64. The number of hydrogen-bond acceptors (Lipinski definition) is 5. The molecule has 102 valence electrons.